The molecule has 1 aliphatic heterocycles. The monoisotopic (exact) mass is 433 g/mol. The zero-order chi connectivity index (χ0) is 19.6. The molecule has 28 heavy (non-hydrogen) atoms. The number of benzene rings is 2. The predicted octanol–water partition coefficient (Wildman–Crippen LogP) is 5.70. The van der Waals surface area contributed by atoms with Crippen LogP contribution in [0.3, 0.4) is 0 Å². The number of nitrogens with one attached hydrogen (secondary N) is 1. The molecule has 0 aliphatic carbocycles. The predicted molar refractivity (Wildman–Crippen MR) is 115 cm³/mol. The van der Waals surface area contributed by atoms with E-state index in [0.717, 1.165) is 29.4 Å². The molecule has 0 unspecified atom stereocenters. The third-order valence-corrected chi connectivity index (χ3v) is 6.23. The van der Waals surface area contributed by atoms with Crippen molar-refractivity contribution in [3.8, 4) is 0 Å². The minimum absolute atomic E-state index is 0. The Labute approximate surface area is 172 Å². The zero-order valence-corrected chi connectivity index (χ0v) is 17.4. The van der Waals surface area contributed by atoms with Crippen molar-refractivity contribution in [1.82, 2.24) is 5.32 Å². The standard InChI is InChI=1S/C19H25F2N3O2S.ClH/c1-14(2)22-12-5-6-13-23-17-10-3-4-11-18(17)24(27(23,25)26)19-15(20)8-7-9-16(19)21;/h3-4,7-11,14,22,25-26H,5-6,12-13H2,1-2H3;1H. The maximum absolute atomic E-state index is 14.4. The molecule has 0 aromatic heterocycles. The lowest BCUT2D eigenvalue weighted by atomic mass is 10.2. The number of rotatable bonds is 7. The van der Waals surface area contributed by atoms with Gasteiger partial charge < -0.3 is 5.32 Å². The Morgan fingerprint density at radius 3 is 2.18 bits per heavy atom. The van der Waals surface area contributed by atoms with Crippen LogP contribution in [0.25, 0.3) is 0 Å². The highest BCUT2D eigenvalue weighted by molar-refractivity contribution is 8.27. The SMILES string of the molecule is CC(C)NCCCCN1c2ccccc2N(c2c(F)cccc2F)S1(O)O.Cl. The van der Waals surface area contributed by atoms with Gasteiger partial charge in [0.25, 0.3) is 0 Å². The van der Waals surface area contributed by atoms with E-state index in [0.29, 0.717) is 30.4 Å². The Balaban J connectivity index is 0.00000280. The summed E-state index contributed by atoms with van der Waals surface area (Å²) in [5, 5.41) is 3.31. The van der Waals surface area contributed by atoms with Crippen molar-refractivity contribution in [3.05, 3.63) is 54.1 Å². The molecule has 0 saturated carbocycles. The largest absolute Gasteiger partial charge is 0.315 e. The first-order valence-corrected chi connectivity index (χ1v) is 10.4. The fourth-order valence-corrected chi connectivity index (χ4v) is 4.98. The van der Waals surface area contributed by atoms with Gasteiger partial charge in [-0.1, -0.05) is 32.0 Å². The van der Waals surface area contributed by atoms with E-state index in [1.807, 2.05) is 0 Å². The molecule has 156 valence electrons. The second kappa shape index (κ2) is 9.28. The number of para-hydroxylation sites is 3. The molecule has 3 N–H and O–H groups in total. The van der Waals surface area contributed by atoms with Gasteiger partial charge in [0.15, 0.2) is 11.6 Å². The van der Waals surface area contributed by atoms with Gasteiger partial charge in [0.05, 0.1) is 11.4 Å². The summed E-state index contributed by atoms with van der Waals surface area (Å²) >= 11 is 0. The third-order valence-electron chi connectivity index (χ3n) is 4.39. The highest BCUT2D eigenvalue weighted by Gasteiger charge is 2.43. The van der Waals surface area contributed by atoms with Crippen LogP contribution in [0.15, 0.2) is 42.5 Å². The second-order valence-corrected chi connectivity index (χ2v) is 8.55. The van der Waals surface area contributed by atoms with Crippen molar-refractivity contribution >= 4 is 40.4 Å². The number of unbranched alkanes of at least 4 members (excludes halogenated alkanes) is 1. The Morgan fingerprint density at radius 2 is 1.57 bits per heavy atom. The van der Waals surface area contributed by atoms with Gasteiger partial charge in [-0.3, -0.25) is 13.4 Å². The van der Waals surface area contributed by atoms with Crippen LogP contribution in [-0.2, 0) is 0 Å². The van der Waals surface area contributed by atoms with E-state index in [9.17, 15) is 17.9 Å². The van der Waals surface area contributed by atoms with Crippen LogP contribution in [0.4, 0.5) is 25.8 Å². The lowest BCUT2D eigenvalue weighted by Gasteiger charge is -2.43. The summed E-state index contributed by atoms with van der Waals surface area (Å²) in [5.41, 5.74) is 0.479. The Kier molecular flexibility index (Phi) is 7.52. The molecule has 3 rings (SSSR count). The van der Waals surface area contributed by atoms with E-state index in [-0.39, 0.29) is 12.4 Å². The Bertz CT molecular complexity index is 790. The van der Waals surface area contributed by atoms with Gasteiger partial charge in [0.2, 0.25) is 0 Å². The molecule has 0 amide bonds. The summed E-state index contributed by atoms with van der Waals surface area (Å²) < 4.78 is 53.0. The van der Waals surface area contributed by atoms with Crippen molar-refractivity contribution in [2.24, 2.45) is 0 Å². The molecule has 0 fully saturated rings. The molecule has 0 radical (unpaired) electrons. The number of anilines is 3. The molecular formula is C19H26ClF2N3O2S. The zero-order valence-electron chi connectivity index (χ0n) is 15.8. The van der Waals surface area contributed by atoms with Crippen LogP contribution in [0, 0.1) is 11.6 Å². The quantitative estimate of drug-likeness (QED) is 0.489. The van der Waals surface area contributed by atoms with Crippen LogP contribution in [0.5, 0.6) is 0 Å². The van der Waals surface area contributed by atoms with Crippen LogP contribution in [0.1, 0.15) is 26.7 Å². The molecule has 2 aromatic carbocycles. The minimum atomic E-state index is -3.62. The lowest BCUT2D eigenvalue weighted by molar-refractivity contribution is 0.479. The van der Waals surface area contributed by atoms with Crippen molar-refractivity contribution in [1.29, 1.82) is 0 Å². The molecule has 0 spiro atoms. The first kappa shape index (κ1) is 22.7. The smallest absolute Gasteiger partial charge is 0.151 e. The molecule has 1 aliphatic rings. The molecule has 0 bridgehead atoms. The van der Waals surface area contributed by atoms with Crippen LogP contribution in [0.2, 0.25) is 0 Å². The number of hydrogen-bond acceptors (Lipinski definition) is 5. The summed E-state index contributed by atoms with van der Waals surface area (Å²) in [6.45, 7) is 5.31. The van der Waals surface area contributed by atoms with E-state index in [1.54, 1.807) is 24.3 Å². The Morgan fingerprint density at radius 1 is 0.964 bits per heavy atom. The van der Waals surface area contributed by atoms with E-state index in [1.165, 1.54) is 10.4 Å². The highest BCUT2D eigenvalue weighted by Crippen LogP contribution is 2.64. The average molecular weight is 434 g/mol. The van der Waals surface area contributed by atoms with E-state index >= 15 is 0 Å². The maximum Gasteiger partial charge on any atom is 0.151 e. The number of fused-ring (bicyclic) bond motifs is 1. The van der Waals surface area contributed by atoms with Crippen LogP contribution >= 0.6 is 23.4 Å². The summed E-state index contributed by atoms with van der Waals surface area (Å²) in [6.07, 6.45) is 1.55. The topological polar surface area (TPSA) is 59.0 Å². The normalized spacial score (nSPS) is 16.1. The van der Waals surface area contributed by atoms with Crippen molar-refractivity contribution in [2.75, 3.05) is 21.7 Å². The second-order valence-electron chi connectivity index (χ2n) is 6.76. The first-order chi connectivity index (χ1) is 12.8. The minimum Gasteiger partial charge on any atom is -0.315 e. The molecule has 2 aromatic rings. The third kappa shape index (κ3) is 4.36. The average Bonchev–Trinajstić information content (AvgIpc) is 2.82. The van der Waals surface area contributed by atoms with E-state index < -0.39 is 28.3 Å². The van der Waals surface area contributed by atoms with Gasteiger partial charge in [-0.25, -0.2) is 13.1 Å². The van der Waals surface area contributed by atoms with Crippen molar-refractivity contribution in [2.45, 2.75) is 32.7 Å². The van der Waals surface area contributed by atoms with Gasteiger partial charge in [0, 0.05) is 12.6 Å². The molecule has 0 atom stereocenters. The molecule has 5 nitrogen and oxygen atoms in total. The van der Waals surface area contributed by atoms with Crippen LogP contribution in [-0.4, -0.2) is 28.2 Å². The van der Waals surface area contributed by atoms with Gasteiger partial charge in [-0.15, -0.1) is 12.4 Å². The highest BCUT2D eigenvalue weighted by atomic mass is 35.5. The summed E-state index contributed by atoms with van der Waals surface area (Å²) in [7, 11) is -3.62. The molecular weight excluding hydrogens is 408 g/mol. The van der Waals surface area contributed by atoms with E-state index in [4.69, 9.17) is 0 Å². The van der Waals surface area contributed by atoms with Crippen LogP contribution < -0.4 is 13.9 Å². The fraction of sp³-hybridized carbons (Fsp3) is 0.368. The van der Waals surface area contributed by atoms with Gasteiger partial charge >= 0.3 is 0 Å². The first-order valence-electron chi connectivity index (χ1n) is 8.96. The van der Waals surface area contributed by atoms with E-state index in [2.05, 4.69) is 19.2 Å². The molecule has 0 saturated heterocycles. The molecule has 9 heteroatoms. The fourth-order valence-electron chi connectivity index (χ4n) is 3.15. The van der Waals surface area contributed by atoms with Gasteiger partial charge in [0.1, 0.15) is 5.69 Å². The van der Waals surface area contributed by atoms with Gasteiger partial charge in [-0.05, 0) is 54.6 Å². The lowest BCUT2D eigenvalue weighted by Crippen LogP contribution is -2.33. The summed E-state index contributed by atoms with van der Waals surface area (Å²) in [5.74, 6) is -1.68. The summed E-state index contributed by atoms with van der Waals surface area (Å²) in [4.78, 5) is 0. The number of nitrogens with zero attached hydrogens (tertiary/aromatic N) is 2. The van der Waals surface area contributed by atoms with Crippen molar-refractivity contribution < 1.29 is 17.9 Å². The maximum atomic E-state index is 14.4. The Hall–Kier alpha value is -1.58. The number of halogens is 3. The van der Waals surface area contributed by atoms with Gasteiger partial charge in [-0.2, -0.15) is 0 Å². The molecule has 1 heterocycles. The summed E-state index contributed by atoms with van der Waals surface area (Å²) in [6, 6.07) is 10.7. The van der Waals surface area contributed by atoms with Crippen molar-refractivity contribution in [3.63, 3.8) is 0 Å². The number of hydrogen-bond donors (Lipinski definition) is 3.